The minimum absolute atomic E-state index is 0.233. The summed E-state index contributed by atoms with van der Waals surface area (Å²) in [5.41, 5.74) is 7.45. The van der Waals surface area contributed by atoms with Gasteiger partial charge < -0.3 is 10.6 Å². The van der Waals surface area contributed by atoms with Crippen molar-refractivity contribution < 1.29 is 4.79 Å². The molecule has 2 fully saturated rings. The van der Waals surface area contributed by atoms with Crippen LogP contribution in [-0.2, 0) is 4.79 Å². The van der Waals surface area contributed by atoms with E-state index in [4.69, 9.17) is 5.73 Å². The van der Waals surface area contributed by atoms with Gasteiger partial charge in [0.05, 0.1) is 0 Å². The lowest BCUT2D eigenvalue weighted by Crippen LogP contribution is -2.50. The lowest BCUT2D eigenvalue weighted by Gasteiger charge is -2.39. The summed E-state index contributed by atoms with van der Waals surface area (Å²) in [6.45, 7) is 2.99. The van der Waals surface area contributed by atoms with Gasteiger partial charge >= 0.3 is 0 Å². The van der Waals surface area contributed by atoms with Crippen molar-refractivity contribution >= 4 is 5.91 Å². The summed E-state index contributed by atoms with van der Waals surface area (Å²) in [6, 6.07) is 11.3. The average molecular weight is 300 g/mol. The highest BCUT2D eigenvalue weighted by atomic mass is 16.2. The maximum Gasteiger partial charge on any atom is 0.225 e. The third-order valence-corrected chi connectivity index (χ3v) is 5.55. The molecule has 2 atom stereocenters. The Kier molecular flexibility index (Phi) is 4.82. The quantitative estimate of drug-likeness (QED) is 0.911. The van der Waals surface area contributed by atoms with E-state index in [1.807, 2.05) is 0 Å². The van der Waals surface area contributed by atoms with Gasteiger partial charge in [-0.2, -0.15) is 0 Å². The molecule has 0 aromatic heterocycles. The number of nitrogens with zero attached hydrogens (tertiary/aromatic N) is 1. The SMILES string of the molecule is C[C@@H]1C[C@@H](N)CCN1C(=O)C1CCC(c2ccccc2)CC1. The summed E-state index contributed by atoms with van der Waals surface area (Å²) >= 11 is 0. The zero-order valence-corrected chi connectivity index (χ0v) is 13.6. The summed E-state index contributed by atoms with van der Waals surface area (Å²) in [5.74, 6) is 1.25. The summed E-state index contributed by atoms with van der Waals surface area (Å²) in [6.07, 6.45) is 6.26. The van der Waals surface area contributed by atoms with Crippen LogP contribution in [0.4, 0.5) is 0 Å². The molecule has 3 rings (SSSR count). The topological polar surface area (TPSA) is 46.3 Å². The van der Waals surface area contributed by atoms with Crippen molar-refractivity contribution in [3.05, 3.63) is 35.9 Å². The fraction of sp³-hybridized carbons (Fsp3) is 0.632. The number of carbonyl (C=O) groups is 1. The van der Waals surface area contributed by atoms with Crippen LogP contribution in [0.15, 0.2) is 30.3 Å². The van der Waals surface area contributed by atoms with E-state index in [0.29, 0.717) is 17.9 Å². The van der Waals surface area contributed by atoms with Gasteiger partial charge in [0.25, 0.3) is 0 Å². The van der Waals surface area contributed by atoms with E-state index in [0.717, 1.165) is 45.1 Å². The molecule has 3 nitrogen and oxygen atoms in total. The molecule has 22 heavy (non-hydrogen) atoms. The predicted octanol–water partition coefficient (Wildman–Crippen LogP) is 3.30. The highest BCUT2D eigenvalue weighted by Crippen LogP contribution is 2.37. The van der Waals surface area contributed by atoms with Gasteiger partial charge in [0, 0.05) is 24.5 Å². The molecule has 1 saturated carbocycles. The lowest BCUT2D eigenvalue weighted by atomic mass is 9.78. The standard InChI is InChI=1S/C19H28N2O/c1-14-13-18(20)11-12-21(14)19(22)17-9-7-16(8-10-17)15-5-3-2-4-6-15/h2-6,14,16-18H,7-13,20H2,1H3/t14-,16?,17?,18+/m1/s1. The van der Waals surface area contributed by atoms with Gasteiger partial charge in [0.1, 0.15) is 0 Å². The van der Waals surface area contributed by atoms with Gasteiger partial charge in [-0.3, -0.25) is 4.79 Å². The second-order valence-electron chi connectivity index (χ2n) is 7.12. The molecule has 1 heterocycles. The molecule has 0 unspecified atom stereocenters. The molecular formula is C19H28N2O. The van der Waals surface area contributed by atoms with Gasteiger partial charge in [-0.05, 0) is 56.9 Å². The van der Waals surface area contributed by atoms with Crippen LogP contribution in [0.2, 0.25) is 0 Å². The van der Waals surface area contributed by atoms with Gasteiger partial charge in [-0.1, -0.05) is 30.3 Å². The van der Waals surface area contributed by atoms with Crippen LogP contribution in [0.3, 0.4) is 0 Å². The Bertz CT molecular complexity index is 493. The zero-order valence-electron chi connectivity index (χ0n) is 13.6. The molecule has 2 N–H and O–H groups in total. The molecule has 1 aromatic rings. The van der Waals surface area contributed by atoms with Crippen molar-refractivity contribution in [1.82, 2.24) is 4.90 Å². The first-order valence-corrected chi connectivity index (χ1v) is 8.76. The van der Waals surface area contributed by atoms with E-state index < -0.39 is 0 Å². The first-order valence-electron chi connectivity index (χ1n) is 8.76. The molecular weight excluding hydrogens is 272 g/mol. The van der Waals surface area contributed by atoms with Gasteiger partial charge in [-0.25, -0.2) is 0 Å². The van der Waals surface area contributed by atoms with E-state index >= 15 is 0 Å². The number of amides is 1. The largest absolute Gasteiger partial charge is 0.340 e. The van der Waals surface area contributed by atoms with E-state index in [1.54, 1.807) is 0 Å². The number of hydrogen-bond donors (Lipinski definition) is 1. The molecule has 0 spiro atoms. The van der Waals surface area contributed by atoms with Crippen LogP contribution < -0.4 is 5.73 Å². The first-order chi connectivity index (χ1) is 10.6. The normalized spacial score (nSPS) is 32.7. The Hall–Kier alpha value is -1.35. The molecule has 1 aromatic carbocycles. The Labute approximate surface area is 133 Å². The number of likely N-dealkylation sites (tertiary alicyclic amines) is 1. The van der Waals surface area contributed by atoms with Crippen LogP contribution in [0, 0.1) is 5.92 Å². The van der Waals surface area contributed by atoms with Gasteiger partial charge in [0.2, 0.25) is 5.91 Å². The number of hydrogen-bond acceptors (Lipinski definition) is 2. The van der Waals surface area contributed by atoms with Crippen LogP contribution in [0.1, 0.15) is 56.9 Å². The maximum absolute atomic E-state index is 12.8. The molecule has 1 aliphatic heterocycles. The average Bonchev–Trinajstić information content (AvgIpc) is 2.55. The molecule has 1 saturated heterocycles. The molecule has 1 aliphatic carbocycles. The molecule has 2 aliphatic rings. The van der Waals surface area contributed by atoms with E-state index in [-0.39, 0.29) is 12.0 Å². The Morgan fingerprint density at radius 1 is 1.09 bits per heavy atom. The van der Waals surface area contributed by atoms with Crippen molar-refractivity contribution in [2.75, 3.05) is 6.54 Å². The van der Waals surface area contributed by atoms with Crippen LogP contribution >= 0.6 is 0 Å². The van der Waals surface area contributed by atoms with Gasteiger partial charge in [0.15, 0.2) is 0 Å². The molecule has 120 valence electrons. The second-order valence-corrected chi connectivity index (χ2v) is 7.12. The van der Waals surface area contributed by atoms with Crippen LogP contribution in [-0.4, -0.2) is 29.4 Å². The van der Waals surface area contributed by atoms with Crippen molar-refractivity contribution in [2.24, 2.45) is 11.7 Å². The number of benzene rings is 1. The van der Waals surface area contributed by atoms with Crippen molar-refractivity contribution in [3.63, 3.8) is 0 Å². The molecule has 0 bridgehead atoms. The molecule has 1 amide bonds. The third-order valence-electron chi connectivity index (χ3n) is 5.55. The fourth-order valence-electron chi connectivity index (χ4n) is 4.17. The minimum atomic E-state index is 0.233. The third kappa shape index (κ3) is 3.35. The Balaban J connectivity index is 1.56. The second kappa shape index (κ2) is 6.82. The van der Waals surface area contributed by atoms with Crippen LogP contribution in [0.5, 0.6) is 0 Å². The summed E-state index contributed by atoms with van der Waals surface area (Å²) in [4.78, 5) is 14.9. The van der Waals surface area contributed by atoms with Crippen molar-refractivity contribution in [2.45, 2.75) is 63.5 Å². The van der Waals surface area contributed by atoms with Gasteiger partial charge in [-0.15, -0.1) is 0 Å². The maximum atomic E-state index is 12.8. The monoisotopic (exact) mass is 300 g/mol. The number of rotatable bonds is 2. The highest BCUT2D eigenvalue weighted by molar-refractivity contribution is 5.79. The van der Waals surface area contributed by atoms with Crippen LogP contribution in [0.25, 0.3) is 0 Å². The van der Waals surface area contributed by atoms with Crippen molar-refractivity contribution in [3.8, 4) is 0 Å². The Morgan fingerprint density at radius 3 is 2.41 bits per heavy atom. The molecule has 3 heteroatoms. The minimum Gasteiger partial charge on any atom is -0.340 e. The van der Waals surface area contributed by atoms with Crippen molar-refractivity contribution in [1.29, 1.82) is 0 Å². The predicted molar refractivity (Wildman–Crippen MR) is 89.5 cm³/mol. The number of carbonyl (C=O) groups excluding carboxylic acids is 1. The summed E-state index contributed by atoms with van der Waals surface area (Å²) in [5, 5.41) is 0. The summed E-state index contributed by atoms with van der Waals surface area (Å²) in [7, 11) is 0. The van der Waals surface area contributed by atoms with E-state index in [2.05, 4.69) is 42.2 Å². The first kappa shape index (κ1) is 15.5. The summed E-state index contributed by atoms with van der Waals surface area (Å²) < 4.78 is 0. The zero-order chi connectivity index (χ0) is 15.5. The Morgan fingerprint density at radius 2 is 1.77 bits per heavy atom. The fourth-order valence-corrected chi connectivity index (χ4v) is 4.17. The number of piperidine rings is 1. The highest BCUT2D eigenvalue weighted by Gasteiger charge is 2.34. The lowest BCUT2D eigenvalue weighted by molar-refractivity contribution is -0.140. The molecule has 0 radical (unpaired) electrons. The smallest absolute Gasteiger partial charge is 0.225 e. The van der Waals surface area contributed by atoms with E-state index in [9.17, 15) is 4.79 Å². The number of nitrogens with two attached hydrogens (primary N) is 1. The van der Waals surface area contributed by atoms with E-state index in [1.165, 1.54) is 5.56 Å².